The van der Waals surface area contributed by atoms with Gasteiger partial charge in [0.15, 0.2) is 0 Å². The van der Waals surface area contributed by atoms with Crippen molar-refractivity contribution in [2.45, 2.75) is 32.6 Å². The van der Waals surface area contributed by atoms with E-state index in [4.69, 9.17) is 0 Å². The van der Waals surface area contributed by atoms with E-state index in [1.807, 2.05) is 18.2 Å². The Kier molecular flexibility index (Phi) is 3.76. The molecule has 0 radical (unpaired) electrons. The number of nitrogens with zero attached hydrogens (tertiary/aromatic N) is 3. The summed E-state index contributed by atoms with van der Waals surface area (Å²) in [6.45, 7) is 6.35. The van der Waals surface area contributed by atoms with Gasteiger partial charge in [0.1, 0.15) is 10.4 Å². The average Bonchev–Trinajstić information content (AvgIpc) is 2.28. The molecular formula is C14H16BrN3. The van der Waals surface area contributed by atoms with Gasteiger partial charge in [-0.1, -0.05) is 20.8 Å². The predicted octanol–water partition coefficient (Wildman–Crippen LogP) is 3.52. The molecule has 0 bridgehead atoms. The molecule has 2 heterocycles. The number of hydrogen-bond acceptors (Lipinski definition) is 3. The minimum absolute atomic E-state index is 0.0449. The molecule has 0 saturated carbocycles. The fourth-order valence-corrected chi connectivity index (χ4v) is 2.03. The zero-order valence-electron chi connectivity index (χ0n) is 10.8. The predicted molar refractivity (Wildman–Crippen MR) is 75.5 cm³/mol. The van der Waals surface area contributed by atoms with Crippen LogP contribution in [0, 0.1) is 0 Å². The lowest BCUT2D eigenvalue weighted by Gasteiger charge is -2.17. The van der Waals surface area contributed by atoms with Crippen LogP contribution in [-0.4, -0.2) is 15.0 Å². The molecule has 3 nitrogen and oxygen atoms in total. The van der Waals surface area contributed by atoms with Crippen molar-refractivity contribution < 1.29 is 0 Å². The topological polar surface area (TPSA) is 38.7 Å². The first-order valence-corrected chi connectivity index (χ1v) is 6.67. The number of rotatable bonds is 2. The third-order valence-corrected chi connectivity index (χ3v) is 2.96. The molecule has 0 aromatic carbocycles. The molecule has 0 amide bonds. The van der Waals surface area contributed by atoms with E-state index in [1.165, 1.54) is 5.56 Å². The van der Waals surface area contributed by atoms with E-state index >= 15 is 0 Å². The van der Waals surface area contributed by atoms with Crippen LogP contribution >= 0.6 is 15.9 Å². The van der Waals surface area contributed by atoms with Gasteiger partial charge in [0.2, 0.25) is 0 Å². The third kappa shape index (κ3) is 3.35. The molecule has 0 aliphatic rings. The largest absolute Gasteiger partial charge is 0.265 e. The second-order valence-corrected chi connectivity index (χ2v) is 6.10. The smallest absolute Gasteiger partial charge is 0.135 e. The molecule has 0 spiro atoms. The SMILES string of the molecule is CC(C)(C)c1nc(Br)cc(Cc2ccncc2)n1. The van der Waals surface area contributed by atoms with Crippen molar-refractivity contribution in [3.63, 3.8) is 0 Å². The van der Waals surface area contributed by atoms with Crippen LogP contribution in [0.2, 0.25) is 0 Å². The van der Waals surface area contributed by atoms with Crippen LogP contribution in [0.1, 0.15) is 37.9 Å². The Balaban J connectivity index is 2.32. The molecule has 18 heavy (non-hydrogen) atoms. The number of hydrogen-bond donors (Lipinski definition) is 0. The maximum absolute atomic E-state index is 4.64. The molecule has 0 fully saturated rings. The highest BCUT2D eigenvalue weighted by Gasteiger charge is 2.18. The fraction of sp³-hybridized carbons (Fsp3) is 0.357. The van der Waals surface area contributed by atoms with E-state index in [-0.39, 0.29) is 5.41 Å². The lowest BCUT2D eigenvalue weighted by atomic mass is 9.95. The Morgan fingerprint density at radius 3 is 2.39 bits per heavy atom. The summed E-state index contributed by atoms with van der Waals surface area (Å²) in [5.74, 6) is 0.862. The molecular weight excluding hydrogens is 290 g/mol. The third-order valence-electron chi connectivity index (χ3n) is 2.55. The highest BCUT2D eigenvalue weighted by atomic mass is 79.9. The monoisotopic (exact) mass is 305 g/mol. The number of pyridine rings is 1. The summed E-state index contributed by atoms with van der Waals surface area (Å²) in [6, 6.07) is 5.98. The fourth-order valence-electron chi connectivity index (χ4n) is 1.60. The molecule has 4 heteroatoms. The molecule has 0 saturated heterocycles. The van der Waals surface area contributed by atoms with Crippen molar-refractivity contribution in [2.24, 2.45) is 0 Å². The minimum Gasteiger partial charge on any atom is -0.265 e. The Morgan fingerprint density at radius 1 is 1.11 bits per heavy atom. The van der Waals surface area contributed by atoms with Gasteiger partial charge in [0.05, 0.1) is 0 Å². The molecule has 0 unspecified atom stereocenters. The first-order valence-electron chi connectivity index (χ1n) is 5.88. The summed E-state index contributed by atoms with van der Waals surface area (Å²) < 4.78 is 0.839. The second-order valence-electron chi connectivity index (χ2n) is 5.29. The number of aromatic nitrogens is 3. The van der Waals surface area contributed by atoms with Gasteiger partial charge in [-0.15, -0.1) is 0 Å². The van der Waals surface area contributed by atoms with E-state index in [0.29, 0.717) is 0 Å². The van der Waals surface area contributed by atoms with E-state index in [2.05, 4.69) is 51.7 Å². The molecule has 2 aromatic rings. The summed E-state index contributed by atoms with van der Waals surface area (Å²) in [5, 5.41) is 0. The van der Waals surface area contributed by atoms with Gasteiger partial charge in [0.25, 0.3) is 0 Å². The summed E-state index contributed by atoms with van der Waals surface area (Å²) >= 11 is 3.46. The van der Waals surface area contributed by atoms with E-state index in [9.17, 15) is 0 Å². The lowest BCUT2D eigenvalue weighted by Crippen LogP contribution is -2.17. The van der Waals surface area contributed by atoms with Crippen LogP contribution in [0.25, 0.3) is 0 Å². The first-order chi connectivity index (χ1) is 8.45. The standard InChI is InChI=1S/C14H16BrN3/c1-14(2,3)13-17-11(9-12(15)18-13)8-10-4-6-16-7-5-10/h4-7,9H,8H2,1-3H3. The Bertz CT molecular complexity index is 532. The highest BCUT2D eigenvalue weighted by molar-refractivity contribution is 9.10. The average molecular weight is 306 g/mol. The molecule has 0 N–H and O–H groups in total. The van der Waals surface area contributed by atoms with Gasteiger partial charge in [-0.3, -0.25) is 4.98 Å². The normalized spacial score (nSPS) is 11.6. The van der Waals surface area contributed by atoms with Crippen molar-refractivity contribution in [1.82, 2.24) is 15.0 Å². The lowest BCUT2D eigenvalue weighted by molar-refractivity contribution is 0.540. The van der Waals surface area contributed by atoms with E-state index in [0.717, 1.165) is 22.5 Å². The Hall–Kier alpha value is -1.29. The van der Waals surface area contributed by atoms with Crippen molar-refractivity contribution in [2.75, 3.05) is 0 Å². The van der Waals surface area contributed by atoms with E-state index < -0.39 is 0 Å². The molecule has 0 aliphatic heterocycles. The first kappa shape index (κ1) is 13.1. The molecule has 2 rings (SSSR count). The highest BCUT2D eigenvalue weighted by Crippen LogP contribution is 2.21. The van der Waals surface area contributed by atoms with Crippen molar-refractivity contribution in [3.8, 4) is 0 Å². The summed E-state index contributed by atoms with van der Waals surface area (Å²) in [4.78, 5) is 13.1. The Labute approximate surface area is 116 Å². The van der Waals surface area contributed by atoms with Crippen LogP contribution in [0.3, 0.4) is 0 Å². The summed E-state index contributed by atoms with van der Waals surface area (Å²) in [7, 11) is 0. The zero-order chi connectivity index (χ0) is 13.2. The van der Waals surface area contributed by atoms with Gasteiger partial charge in [-0.25, -0.2) is 9.97 Å². The molecule has 94 valence electrons. The maximum Gasteiger partial charge on any atom is 0.135 e. The van der Waals surface area contributed by atoms with Gasteiger partial charge in [-0.05, 0) is 39.7 Å². The van der Waals surface area contributed by atoms with Gasteiger partial charge < -0.3 is 0 Å². The van der Waals surface area contributed by atoms with Crippen LogP contribution in [0.15, 0.2) is 35.2 Å². The molecule has 2 aromatic heterocycles. The van der Waals surface area contributed by atoms with Gasteiger partial charge in [0, 0.05) is 29.9 Å². The van der Waals surface area contributed by atoms with Crippen molar-refractivity contribution in [3.05, 3.63) is 52.3 Å². The quantitative estimate of drug-likeness (QED) is 0.797. The van der Waals surface area contributed by atoms with Crippen LogP contribution < -0.4 is 0 Å². The number of halogens is 1. The van der Waals surface area contributed by atoms with Gasteiger partial charge >= 0.3 is 0 Å². The van der Waals surface area contributed by atoms with Crippen molar-refractivity contribution >= 4 is 15.9 Å². The second kappa shape index (κ2) is 5.14. The zero-order valence-corrected chi connectivity index (χ0v) is 12.4. The molecule has 0 atom stereocenters. The summed E-state index contributed by atoms with van der Waals surface area (Å²) in [6.07, 6.45) is 4.40. The maximum atomic E-state index is 4.64. The van der Waals surface area contributed by atoms with E-state index in [1.54, 1.807) is 12.4 Å². The van der Waals surface area contributed by atoms with Crippen molar-refractivity contribution in [1.29, 1.82) is 0 Å². The molecule has 0 aliphatic carbocycles. The van der Waals surface area contributed by atoms with Crippen LogP contribution in [0.4, 0.5) is 0 Å². The Morgan fingerprint density at radius 2 is 1.78 bits per heavy atom. The van der Waals surface area contributed by atoms with Crippen LogP contribution in [-0.2, 0) is 11.8 Å². The minimum atomic E-state index is -0.0449. The van der Waals surface area contributed by atoms with Crippen LogP contribution in [0.5, 0.6) is 0 Å². The summed E-state index contributed by atoms with van der Waals surface area (Å²) in [5.41, 5.74) is 2.18. The van der Waals surface area contributed by atoms with Gasteiger partial charge in [-0.2, -0.15) is 0 Å².